The number of hydrogen-bond donors (Lipinski definition) is 1. The number of amides is 1. The van der Waals surface area contributed by atoms with Crippen LogP contribution >= 0.6 is 0 Å². The number of nitrogens with zero attached hydrogens (tertiary/aromatic N) is 8. The van der Waals surface area contributed by atoms with Crippen molar-refractivity contribution < 1.29 is 4.79 Å². The van der Waals surface area contributed by atoms with Crippen LogP contribution in [0.1, 0.15) is 10.4 Å². The lowest BCUT2D eigenvalue weighted by Crippen LogP contribution is -2.51. The van der Waals surface area contributed by atoms with Gasteiger partial charge >= 0.3 is 0 Å². The monoisotopic (exact) mass is 455 g/mol. The van der Waals surface area contributed by atoms with E-state index in [1.165, 1.54) is 5.69 Å². The van der Waals surface area contributed by atoms with Crippen LogP contribution in [0.25, 0.3) is 0 Å². The van der Waals surface area contributed by atoms with Gasteiger partial charge in [0, 0.05) is 56.5 Å². The zero-order valence-corrected chi connectivity index (χ0v) is 18.9. The van der Waals surface area contributed by atoms with E-state index in [4.69, 9.17) is 4.98 Å². The average molecular weight is 456 g/mol. The number of hydrogen-bond acceptors (Lipinski definition) is 9. The molecule has 0 aliphatic carbocycles. The maximum atomic E-state index is 13.3. The number of guanidine groups is 1. The van der Waals surface area contributed by atoms with E-state index in [1.807, 2.05) is 23.1 Å². The lowest BCUT2D eigenvalue weighted by atomic mass is 10.2. The maximum Gasteiger partial charge on any atom is 0.270 e. The number of pyridine rings is 1. The Morgan fingerprint density at radius 2 is 1.76 bits per heavy atom. The number of carbonyl (C=O) groups excluding carboxylic acids is 1. The van der Waals surface area contributed by atoms with Crippen LogP contribution in [-0.4, -0.2) is 78.0 Å². The van der Waals surface area contributed by atoms with Gasteiger partial charge in [0.1, 0.15) is 5.56 Å². The summed E-state index contributed by atoms with van der Waals surface area (Å²) in [5.41, 5.74) is 3.23. The minimum absolute atomic E-state index is 0.206. The van der Waals surface area contributed by atoms with Crippen molar-refractivity contribution in [2.45, 2.75) is 0 Å². The van der Waals surface area contributed by atoms with E-state index in [2.05, 4.69) is 49.3 Å². The second-order valence-corrected chi connectivity index (χ2v) is 8.58. The van der Waals surface area contributed by atoms with E-state index >= 15 is 0 Å². The molecule has 3 aliphatic rings. The van der Waals surface area contributed by atoms with Crippen molar-refractivity contribution in [3.8, 4) is 0 Å². The number of piperazine rings is 1. The summed E-state index contributed by atoms with van der Waals surface area (Å²) in [6.07, 6.45) is 4.92. The fraction of sp³-hybridized carbons (Fsp3) is 0.292. The predicted molar refractivity (Wildman–Crippen MR) is 132 cm³/mol. The summed E-state index contributed by atoms with van der Waals surface area (Å²) in [6.45, 7) is 5.45. The summed E-state index contributed by atoms with van der Waals surface area (Å²) in [5, 5.41) is 3.28. The van der Waals surface area contributed by atoms with Crippen molar-refractivity contribution in [2.24, 2.45) is 4.99 Å². The van der Waals surface area contributed by atoms with Gasteiger partial charge in [-0.25, -0.2) is 9.88 Å². The second kappa shape index (κ2) is 8.38. The second-order valence-electron chi connectivity index (χ2n) is 8.58. The van der Waals surface area contributed by atoms with Crippen molar-refractivity contribution >= 4 is 40.7 Å². The van der Waals surface area contributed by atoms with Crippen molar-refractivity contribution in [2.75, 3.05) is 66.3 Å². The number of nitrogens with one attached hydrogen (secondary N) is 1. The SMILES string of the molecule is CN1CCN(c2ccc(Nc3ncc4c(n3)N3CCN=C3N(c3cccnc3)C4=O)cc2)CC1. The van der Waals surface area contributed by atoms with Gasteiger partial charge in [-0.15, -0.1) is 0 Å². The van der Waals surface area contributed by atoms with Crippen molar-refractivity contribution in [3.63, 3.8) is 0 Å². The highest BCUT2D eigenvalue weighted by Crippen LogP contribution is 2.32. The van der Waals surface area contributed by atoms with E-state index in [-0.39, 0.29) is 5.91 Å². The molecule has 10 heteroatoms. The van der Waals surface area contributed by atoms with Gasteiger partial charge in [-0.2, -0.15) is 4.98 Å². The maximum absolute atomic E-state index is 13.3. The summed E-state index contributed by atoms with van der Waals surface area (Å²) in [7, 11) is 2.16. The molecule has 0 atom stereocenters. The van der Waals surface area contributed by atoms with Crippen molar-refractivity contribution in [1.82, 2.24) is 19.9 Å². The van der Waals surface area contributed by atoms with Gasteiger partial charge < -0.3 is 15.1 Å². The predicted octanol–water partition coefficient (Wildman–Crippen LogP) is 2.20. The fourth-order valence-electron chi connectivity index (χ4n) is 4.50. The Hall–Kier alpha value is -4.05. The molecule has 1 aromatic carbocycles. The molecule has 3 aliphatic heterocycles. The highest BCUT2D eigenvalue weighted by atomic mass is 16.2. The quantitative estimate of drug-likeness (QED) is 0.640. The minimum Gasteiger partial charge on any atom is -0.369 e. The number of aromatic nitrogens is 3. The first-order valence-electron chi connectivity index (χ1n) is 11.4. The van der Waals surface area contributed by atoms with Gasteiger partial charge in [-0.05, 0) is 43.4 Å². The fourth-order valence-corrected chi connectivity index (χ4v) is 4.50. The van der Waals surface area contributed by atoms with Gasteiger partial charge in [-0.1, -0.05) is 0 Å². The highest BCUT2D eigenvalue weighted by Gasteiger charge is 2.39. The van der Waals surface area contributed by atoms with Gasteiger partial charge in [0.05, 0.1) is 18.4 Å². The lowest BCUT2D eigenvalue weighted by molar-refractivity contribution is 0.0999. The summed E-state index contributed by atoms with van der Waals surface area (Å²) < 4.78 is 0. The molecule has 5 heterocycles. The van der Waals surface area contributed by atoms with Gasteiger partial charge in [0.2, 0.25) is 11.9 Å². The van der Waals surface area contributed by atoms with Crippen LogP contribution in [-0.2, 0) is 0 Å². The molecule has 10 nitrogen and oxygen atoms in total. The van der Waals surface area contributed by atoms with E-state index < -0.39 is 0 Å². The van der Waals surface area contributed by atoms with Crippen LogP contribution in [0.15, 0.2) is 60.0 Å². The third-order valence-electron chi connectivity index (χ3n) is 6.37. The number of anilines is 5. The van der Waals surface area contributed by atoms with Gasteiger partial charge in [0.15, 0.2) is 5.82 Å². The first-order chi connectivity index (χ1) is 16.7. The highest BCUT2D eigenvalue weighted by molar-refractivity contribution is 6.31. The molecule has 0 bridgehead atoms. The van der Waals surface area contributed by atoms with E-state index in [9.17, 15) is 4.79 Å². The molecule has 2 aromatic heterocycles. The smallest absolute Gasteiger partial charge is 0.270 e. The molecule has 6 rings (SSSR count). The van der Waals surface area contributed by atoms with Crippen LogP contribution in [0.4, 0.5) is 28.8 Å². The molecule has 1 amide bonds. The number of fused-ring (bicyclic) bond motifs is 3. The topological polar surface area (TPSA) is 93.1 Å². The van der Waals surface area contributed by atoms with E-state index in [0.717, 1.165) is 31.9 Å². The zero-order valence-electron chi connectivity index (χ0n) is 18.9. The normalized spacial score (nSPS) is 18.0. The third-order valence-corrected chi connectivity index (χ3v) is 6.37. The Labute approximate surface area is 197 Å². The lowest BCUT2D eigenvalue weighted by Gasteiger charge is -2.34. The third kappa shape index (κ3) is 3.61. The molecule has 1 fully saturated rings. The largest absolute Gasteiger partial charge is 0.369 e. The Bertz CT molecular complexity index is 1240. The van der Waals surface area contributed by atoms with Crippen LogP contribution in [0, 0.1) is 0 Å². The first kappa shape index (κ1) is 20.5. The molecule has 0 radical (unpaired) electrons. The molecule has 0 spiro atoms. The molecule has 0 saturated carbocycles. The molecule has 0 unspecified atom stereocenters. The number of rotatable bonds is 4. The summed E-state index contributed by atoms with van der Waals surface area (Å²) in [5.74, 6) is 1.39. The standard InChI is InChI=1S/C24H25N9O/c1-30-11-13-31(14-12-30)18-6-4-17(5-7-18)28-23-27-16-20-21(29-23)32-10-9-26-24(32)33(22(20)34)19-3-2-8-25-15-19/h2-8,15-16H,9-14H2,1H3,(H,27,28,29). The molecule has 3 aromatic rings. The summed E-state index contributed by atoms with van der Waals surface area (Å²) >= 11 is 0. The molecule has 1 N–H and O–H groups in total. The number of likely N-dealkylation sites (N-methyl/N-ethyl adjacent to an activating group) is 1. The van der Waals surface area contributed by atoms with Gasteiger partial charge in [0.25, 0.3) is 5.91 Å². The average Bonchev–Trinajstić information content (AvgIpc) is 3.36. The van der Waals surface area contributed by atoms with E-state index in [0.29, 0.717) is 42.1 Å². The zero-order chi connectivity index (χ0) is 23.1. The van der Waals surface area contributed by atoms with Crippen molar-refractivity contribution in [1.29, 1.82) is 0 Å². The Balaban J connectivity index is 1.24. The summed E-state index contributed by atoms with van der Waals surface area (Å²) in [4.78, 5) is 39.5. The minimum atomic E-state index is -0.206. The number of carbonyl (C=O) groups is 1. The van der Waals surface area contributed by atoms with E-state index in [1.54, 1.807) is 29.6 Å². The van der Waals surface area contributed by atoms with Crippen LogP contribution in [0.3, 0.4) is 0 Å². The van der Waals surface area contributed by atoms with Crippen LogP contribution < -0.4 is 20.0 Å². The number of aliphatic imine (C=N–C) groups is 1. The Morgan fingerprint density at radius 3 is 2.53 bits per heavy atom. The van der Waals surface area contributed by atoms with Gasteiger partial charge in [-0.3, -0.25) is 19.7 Å². The van der Waals surface area contributed by atoms with Crippen molar-refractivity contribution in [3.05, 3.63) is 60.6 Å². The molecule has 1 saturated heterocycles. The van der Waals surface area contributed by atoms with Crippen LogP contribution in [0.2, 0.25) is 0 Å². The Morgan fingerprint density at radius 1 is 0.941 bits per heavy atom. The number of benzene rings is 1. The molecule has 34 heavy (non-hydrogen) atoms. The first-order valence-corrected chi connectivity index (χ1v) is 11.4. The molecular weight excluding hydrogens is 430 g/mol. The Kier molecular flexibility index (Phi) is 5.06. The van der Waals surface area contributed by atoms with Crippen LogP contribution in [0.5, 0.6) is 0 Å². The molecule has 172 valence electrons. The molecular formula is C24H25N9O. The summed E-state index contributed by atoms with van der Waals surface area (Å²) in [6, 6.07) is 12.0.